The van der Waals surface area contributed by atoms with Gasteiger partial charge < -0.3 is 4.74 Å². The van der Waals surface area contributed by atoms with Crippen molar-refractivity contribution in [2.75, 3.05) is 6.61 Å². The molecule has 1 heterocycles. The van der Waals surface area contributed by atoms with Gasteiger partial charge in [-0.15, -0.1) is 0 Å². The van der Waals surface area contributed by atoms with Gasteiger partial charge in [-0.2, -0.15) is 0 Å². The fourth-order valence-corrected chi connectivity index (χ4v) is 1.99. The zero-order chi connectivity index (χ0) is 12.3. The lowest BCUT2D eigenvalue weighted by molar-refractivity contribution is -0.144. The highest BCUT2D eigenvalue weighted by Crippen LogP contribution is 2.20. The summed E-state index contributed by atoms with van der Waals surface area (Å²) in [5.41, 5.74) is 1.99. The molecule has 0 amide bonds. The molecule has 0 saturated heterocycles. The van der Waals surface area contributed by atoms with E-state index in [0.717, 1.165) is 24.1 Å². The van der Waals surface area contributed by atoms with Crippen LogP contribution in [0, 0.1) is 0 Å². The number of halogens is 1. The molecule has 4 heteroatoms. The van der Waals surface area contributed by atoms with E-state index in [1.165, 1.54) is 0 Å². The number of ether oxygens (including phenoxy) is 1. The maximum atomic E-state index is 11.5. The largest absolute Gasteiger partial charge is 0.464 e. The number of esters is 1. The van der Waals surface area contributed by atoms with Crippen LogP contribution in [-0.4, -0.2) is 24.3 Å². The predicted molar refractivity (Wildman–Crippen MR) is 67.6 cm³/mol. The Bertz CT molecular complexity index is 439. The minimum atomic E-state index is -0.333. The molecule has 0 bridgehead atoms. The molecule has 0 spiro atoms. The zero-order valence-corrected chi connectivity index (χ0v) is 10.4. The van der Waals surface area contributed by atoms with E-state index >= 15 is 0 Å². The molecule has 0 unspecified atom stereocenters. The lowest BCUT2D eigenvalue weighted by atomic mass is 10.1. The number of carbonyl (C=O) groups excluding carboxylic acids is 1. The van der Waals surface area contributed by atoms with Crippen LogP contribution in [0.2, 0.25) is 5.02 Å². The molecule has 1 aliphatic rings. The Balaban J connectivity index is 2.11. The number of hydrogen-bond acceptors (Lipinski definition) is 3. The van der Waals surface area contributed by atoms with Gasteiger partial charge in [0.15, 0.2) is 0 Å². The molecule has 0 aliphatic carbocycles. The van der Waals surface area contributed by atoms with Crippen LogP contribution in [-0.2, 0) is 9.53 Å². The van der Waals surface area contributed by atoms with Gasteiger partial charge in [0.1, 0.15) is 6.04 Å². The second-order valence-electron chi connectivity index (χ2n) is 3.89. The number of aliphatic imine (C=N–C) groups is 1. The summed E-state index contributed by atoms with van der Waals surface area (Å²) in [6, 6.07) is 7.18. The molecule has 1 aromatic rings. The summed E-state index contributed by atoms with van der Waals surface area (Å²) >= 11 is 5.82. The van der Waals surface area contributed by atoms with E-state index < -0.39 is 0 Å². The predicted octanol–water partition coefficient (Wildman–Crippen LogP) is 2.85. The fraction of sp³-hybridized carbons (Fsp3) is 0.385. The van der Waals surface area contributed by atoms with E-state index in [9.17, 15) is 4.79 Å². The van der Waals surface area contributed by atoms with Gasteiger partial charge in [-0.05, 0) is 37.5 Å². The van der Waals surface area contributed by atoms with Gasteiger partial charge in [-0.3, -0.25) is 4.99 Å². The van der Waals surface area contributed by atoms with Gasteiger partial charge in [-0.1, -0.05) is 23.7 Å². The summed E-state index contributed by atoms with van der Waals surface area (Å²) in [4.78, 5) is 15.9. The molecule has 17 heavy (non-hydrogen) atoms. The number of benzene rings is 1. The summed E-state index contributed by atoms with van der Waals surface area (Å²) in [6.07, 6.45) is 1.54. The number of nitrogens with zero attached hydrogens (tertiary/aromatic N) is 1. The van der Waals surface area contributed by atoms with Crippen LogP contribution < -0.4 is 0 Å². The van der Waals surface area contributed by atoms with Gasteiger partial charge in [0.2, 0.25) is 0 Å². The average Bonchev–Trinajstić information content (AvgIpc) is 2.80. The molecule has 0 radical (unpaired) electrons. The lowest BCUT2D eigenvalue weighted by Crippen LogP contribution is -2.18. The van der Waals surface area contributed by atoms with Crippen LogP contribution in [0.1, 0.15) is 25.3 Å². The minimum Gasteiger partial charge on any atom is -0.464 e. The van der Waals surface area contributed by atoms with Crippen LogP contribution in [0.5, 0.6) is 0 Å². The highest BCUT2D eigenvalue weighted by atomic mass is 35.5. The van der Waals surface area contributed by atoms with E-state index in [1.807, 2.05) is 24.3 Å². The Kier molecular flexibility index (Phi) is 3.79. The molecule has 0 fully saturated rings. The molecule has 0 saturated carbocycles. The molecular formula is C13H14ClNO2. The van der Waals surface area contributed by atoms with E-state index in [0.29, 0.717) is 11.6 Å². The van der Waals surface area contributed by atoms with E-state index in [1.54, 1.807) is 6.92 Å². The van der Waals surface area contributed by atoms with Crippen LogP contribution in [0.25, 0.3) is 0 Å². The number of carbonyl (C=O) groups is 1. The third kappa shape index (κ3) is 2.86. The molecule has 1 atom stereocenters. The van der Waals surface area contributed by atoms with Crippen molar-refractivity contribution in [3.05, 3.63) is 34.9 Å². The van der Waals surface area contributed by atoms with Crippen molar-refractivity contribution in [3.8, 4) is 0 Å². The molecular weight excluding hydrogens is 238 g/mol. The SMILES string of the molecule is CCOC(=O)[C@H]1CCC(c2ccc(Cl)cc2)=N1. The maximum absolute atomic E-state index is 11.5. The van der Waals surface area contributed by atoms with Crippen LogP contribution >= 0.6 is 11.6 Å². The van der Waals surface area contributed by atoms with Crippen molar-refractivity contribution in [2.24, 2.45) is 4.99 Å². The van der Waals surface area contributed by atoms with Crippen molar-refractivity contribution in [2.45, 2.75) is 25.8 Å². The summed E-state index contributed by atoms with van der Waals surface area (Å²) in [6.45, 7) is 2.21. The third-order valence-corrected chi connectivity index (χ3v) is 2.95. The Morgan fingerprint density at radius 1 is 1.47 bits per heavy atom. The van der Waals surface area contributed by atoms with E-state index in [4.69, 9.17) is 16.3 Å². The van der Waals surface area contributed by atoms with Crippen LogP contribution in [0.4, 0.5) is 0 Å². The molecule has 90 valence electrons. The highest BCUT2D eigenvalue weighted by Gasteiger charge is 2.25. The standard InChI is InChI=1S/C13H14ClNO2/c1-2-17-13(16)12-8-7-11(15-12)9-3-5-10(14)6-4-9/h3-6,12H,2,7-8H2,1H3/t12-/m1/s1. The summed E-state index contributed by atoms with van der Waals surface area (Å²) < 4.78 is 4.96. The number of hydrogen-bond donors (Lipinski definition) is 0. The second kappa shape index (κ2) is 5.32. The molecule has 1 aromatic carbocycles. The molecule has 0 aromatic heterocycles. The Morgan fingerprint density at radius 3 is 2.82 bits per heavy atom. The lowest BCUT2D eigenvalue weighted by Gasteiger charge is -2.04. The van der Waals surface area contributed by atoms with Crippen LogP contribution in [0.15, 0.2) is 29.3 Å². The van der Waals surface area contributed by atoms with Gasteiger partial charge in [0.25, 0.3) is 0 Å². The normalized spacial score (nSPS) is 18.9. The van der Waals surface area contributed by atoms with E-state index in [-0.39, 0.29) is 12.0 Å². The fourth-order valence-electron chi connectivity index (χ4n) is 1.86. The first kappa shape index (κ1) is 12.1. The average molecular weight is 252 g/mol. The second-order valence-corrected chi connectivity index (χ2v) is 4.33. The summed E-state index contributed by atoms with van der Waals surface area (Å²) in [5.74, 6) is -0.225. The monoisotopic (exact) mass is 251 g/mol. The Hall–Kier alpha value is -1.35. The van der Waals surface area contributed by atoms with Crippen LogP contribution in [0.3, 0.4) is 0 Å². The Morgan fingerprint density at radius 2 is 2.18 bits per heavy atom. The van der Waals surface area contributed by atoms with E-state index in [2.05, 4.69) is 4.99 Å². The molecule has 0 N–H and O–H groups in total. The van der Waals surface area contributed by atoms with Gasteiger partial charge in [-0.25, -0.2) is 4.79 Å². The highest BCUT2D eigenvalue weighted by molar-refractivity contribution is 6.30. The van der Waals surface area contributed by atoms with Crippen molar-refractivity contribution < 1.29 is 9.53 Å². The third-order valence-electron chi connectivity index (χ3n) is 2.70. The van der Waals surface area contributed by atoms with Crippen molar-refractivity contribution in [3.63, 3.8) is 0 Å². The zero-order valence-electron chi connectivity index (χ0n) is 9.65. The van der Waals surface area contributed by atoms with Crippen molar-refractivity contribution in [1.29, 1.82) is 0 Å². The van der Waals surface area contributed by atoms with Gasteiger partial charge >= 0.3 is 5.97 Å². The quantitative estimate of drug-likeness (QED) is 0.775. The first-order valence-corrected chi connectivity index (χ1v) is 6.07. The summed E-state index contributed by atoms with van der Waals surface area (Å²) in [5, 5.41) is 0.703. The Labute approximate surface area is 105 Å². The van der Waals surface area contributed by atoms with Gasteiger partial charge in [0, 0.05) is 10.7 Å². The number of rotatable bonds is 3. The first-order valence-electron chi connectivity index (χ1n) is 5.70. The molecule has 2 rings (SSSR count). The van der Waals surface area contributed by atoms with Crippen molar-refractivity contribution in [1.82, 2.24) is 0 Å². The smallest absolute Gasteiger partial charge is 0.330 e. The summed E-state index contributed by atoms with van der Waals surface area (Å²) in [7, 11) is 0. The first-order chi connectivity index (χ1) is 8.20. The van der Waals surface area contributed by atoms with Gasteiger partial charge in [0.05, 0.1) is 6.61 Å². The van der Waals surface area contributed by atoms with Crippen molar-refractivity contribution >= 4 is 23.3 Å². The molecule has 3 nitrogen and oxygen atoms in total. The topological polar surface area (TPSA) is 38.7 Å². The molecule has 1 aliphatic heterocycles. The minimum absolute atomic E-state index is 0.225. The maximum Gasteiger partial charge on any atom is 0.330 e.